The number of thiol groups is 1. The minimum atomic E-state index is -2.60. The van der Waals surface area contributed by atoms with Gasteiger partial charge in [0, 0.05) is 5.56 Å². The molecule has 5 heteroatoms. The number of carbonyl (C=O) groups excluding carboxylic acids is 1. The summed E-state index contributed by atoms with van der Waals surface area (Å²) in [6.07, 6.45) is 4.97. The van der Waals surface area contributed by atoms with Crippen LogP contribution in [-0.2, 0) is 10.7 Å². The highest BCUT2D eigenvalue weighted by Gasteiger charge is 2.03. The highest BCUT2D eigenvalue weighted by atomic mass is 32.2. The summed E-state index contributed by atoms with van der Waals surface area (Å²) in [7, 11) is -2.60. The number of terminal acetylenes is 1. The van der Waals surface area contributed by atoms with Crippen LogP contribution >= 0.6 is 0 Å². The lowest BCUT2D eigenvalue weighted by molar-refractivity contribution is 0.0958. The van der Waals surface area contributed by atoms with Crippen LogP contribution in [0, 0.1) is 12.3 Å². The molecule has 15 heavy (non-hydrogen) atoms. The van der Waals surface area contributed by atoms with E-state index in [-0.39, 0.29) is 17.3 Å². The average Bonchev–Trinajstić information content (AvgIpc) is 2.26. The molecule has 4 nitrogen and oxygen atoms in total. The zero-order valence-corrected chi connectivity index (χ0v) is 8.66. The molecule has 0 heterocycles. The second-order valence-electron chi connectivity index (χ2n) is 2.69. The first-order valence-corrected chi connectivity index (χ1v) is 5.29. The smallest absolute Gasteiger partial charge is 0.252 e. The molecule has 1 rings (SSSR count). The van der Waals surface area contributed by atoms with Gasteiger partial charge >= 0.3 is 0 Å². The summed E-state index contributed by atoms with van der Waals surface area (Å²) in [4.78, 5) is 11.5. The van der Waals surface area contributed by atoms with Crippen molar-refractivity contribution in [3.05, 3.63) is 29.8 Å². The lowest BCUT2D eigenvalue weighted by atomic mass is 10.2. The normalized spacial score (nSPS) is 9.60. The minimum Gasteiger partial charge on any atom is -0.341 e. The maximum Gasteiger partial charge on any atom is 0.252 e. The average molecular weight is 223 g/mol. The van der Waals surface area contributed by atoms with Crippen LogP contribution in [0.2, 0.25) is 0 Å². The molecule has 1 amide bonds. The van der Waals surface area contributed by atoms with Crippen LogP contribution in [0.15, 0.2) is 29.2 Å². The predicted molar refractivity (Wildman–Crippen MR) is 56.2 cm³/mol. The second kappa shape index (κ2) is 5.17. The quantitative estimate of drug-likeness (QED) is 0.561. The van der Waals surface area contributed by atoms with Crippen molar-refractivity contribution in [2.75, 3.05) is 6.54 Å². The molecule has 0 atom stereocenters. The monoisotopic (exact) mass is 223 g/mol. The van der Waals surface area contributed by atoms with E-state index in [1.807, 2.05) is 0 Å². The van der Waals surface area contributed by atoms with Crippen molar-refractivity contribution >= 4 is 16.6 Å². The van der Waals surface area contributed by atoms with Crippen molar-refractivity contribution in [3.8, 4) is 12.3 Å². The number of amides is 1. The molecule has 0 unspecified atom stereocenters. The Kier molecular flexibility index (Phi) is 3.89. The molecule has 0 saturated heterocycles. The van der Waals surface area contributed by atoms with Crippen LogP contribution in [-0.4, -0.2) is 20.9 Å². The van der Waals surface area contributed by atoms with Crippen molar-refractivity contribution < 1.29 is 13.2 Å². The van der Waals surface area contributed by atoms with E-state index in [2.05, 4.69) is 11.2 Å². The standard InChI is InChI=1S/C10H9NO3S/c1-2-7-11-10(12)8-3-5-9(6-4-8)15(13)14/h1,3-6,15H,7H2,(H,11,12). The van der Waals surface area contributed by atoms with Crippen LogP contribution in [0.4, 0.5) is 0 Å². The molecular formula is C10H9NO3S. The minimum absolute atomic E-state index is 0.149. The van der Waals surface area contributed by atoms with Gasteiger partial charge in [0.1, 0.15) is 0 Å². The van der Waals surface area contributed by atoms with E-state index in [0.717, 1.165) is 0 Å². The van der Waals surface area contributed by atoms with Gasteiger partial charge in [0.05, 0.1) is 11.4 Å². The molecule has 1 aromatic carbocycles. The van der Waals surface area contributed by atoms with Gasteiger partial charge in [0.25, 0.3) is 5.91 Å². The van der Waals surface area contributed by atoms with Gasteiger partial charge in [0.2, 0.25) is 0 Å². The lowest BCUT2D eigenvalue weighted by Crippen LogP contribution is -2.23. The van der Waals surface area contributed by atoms with E-state index >= 15 is 0 Å². The first kappa shape index (κ1) is 11.3. The Labute approximate surface area is 89.3 Å². The molecule has 0 aliphatic carbocycles. The second-order valence-corrected chi connectivity index (χ2v) is 3.72. The lowest BCUT2D eigenvalue weighted by Gasteiger charge is -2.00. The maximum atomic E-state index is 11.3. The van der Waals surface area contributed by atoms with Gasteiger partial charge in [-0.05, 0) is 24.3 Å². The fourth-order valence-electron chi connectivity index (χ4n) is 0.968. The highest BCUT2D eigenvalue weighted by molar-refractivity contribution is 7.72. The van der Waals surface area contributed by atoms with Crippen LogP contribution in [0.5, 0.6) is 0 Å². The van der Waals surface area contributed by atoms with Gasteiger partial charge in [-0.15, -0.1) is 6.42 Å². The summed E-state index contributed by atoms with van der Waals surface area (Å²) >= 11 is 0. The molecule has 0 bridgehead atoms. The summed E-state index contributed by atoms with van der Waals surface area (Å²) in [6.45, 7) is 0.149. The van der Waals surface area contributed by atoms with Crippen molar-refractivity contribution in [3.63, 3.8) is 0 Å². The molecular weight excluding hydrogens is 214 g/mol. The molecule has 0 fully saturated rings. The van der Waals surface area contributed by atoms with E-state index < -0.39 is 10.7 Å². The Morgan fingerprint density at radius 1 is 1.33 bits per heavy atom. The fraction of sp³-hybridized carbons (Fsp3) is 0.100. The SMILES string of the molecule is C#CCNC(=O)c1ccc([SH](=O)=O)cc1. The van der Waals surface area contributed by atoms with Crippen LogP contribution < -0.4 is 5.32 Å². The van der Waals surface area contributed by atoms with Gasteiger partial charge in [-0.3, -0.25) is 4.79 Å². The zero-order chi connectivity index (χ0) is 11.3. The molecule has 0 aliphatic heterocycles. The van der Waals surface area contributed by atoms with Crippen molar-refractivity contribution in [2.24, 2.45) is 0 Å². The number of hydrogen-bond acceptors (Lipinski definition) is 3. The third kappa shape index (κ3) is 3.11. The third-order valence-electron chi connectivity index (χ3n) is 1.69. The molecule has 0 aromatic heterocycles. The van der Waals surface area contributed by atoms with E-state index in [1.54, 1.807) is 0 Å². The van der Waals surface area contributed by atoms with E-state index in [0.29, 0.717) is 5.56 Å². The highest BCUT2D eigenvalue weighted by Crippen LogP contribution is 2.05. The largest absolute Gasteiger partial charge is 0.341 e. The molecule has 1 N–H and O–H groups in total. The van der Waals surface area contributed by atoms with Crippen molar-refractivity contribution in [2.45, 2.75) is 4.90 Å². The molecule has 0 radical (unpaired) electrons. The van der Waals surface area contributed by atoms with Gasteiger partial charge in [-0.1, -0.05) is 5.92 Å². The number of carbonyl (C=O) groups is 1. The fourth-order valence-corrected chi connectivity index (χ4v) is 1.36. The Morgan fingerprint density at radius 2 is 1.93 bits per heavy atom. The van der Waals surface area contributed by atoms with E-state index in [9.17, 15) is 13.2 Å². The number of hydrogen-bond donors (Lipinski definition) is 2. The van der Waals surface area contributed by atoms with Crippen LogP contribution in [0.25, 0.3) is 0 Å². The first-order valence-electron chi connectivity index (χ1n) is 4.11. The summed E-state index contributed by atoms with van der Waals surface area (Å²) in [6, 6.07) is 5.62. The Balaban J connectivity index is 2.81. The van der Waals surface area contributed by atoms with Gasteiger partial charge in [-0.25, -0.2) is 8.42 Å². The zero-order valence-electron chi connectivity index (χ0n) is 7.77. The van der Waals surface area contributed by atoms with Gasteiger partial charge in [0.15, 0.2) is 10.7 Å². The Morgan fingerprint density at radius 3 is 2.40 bits per heavy atom. The first-order chi connectivity index (χ1) is 7.15. The molecule has 0 spiro atoms. The van der Waals surface area contributed by atoms with Crippen molar-refractivity contribution in [1.29, 1.82) is 0 Å². The Bertz CT molecular complexity index is 460. The Hall–Kier alpha value is -1.80. The number of benzene rings is 1. The van der Waals surface area contributed by atoms with E-state index in [4.69, 9.17) is 6.42 Å². The predicted octanol–water partition coefficient (Wildman–Crippen LogP) is 0.0199. The van der Waals surface area contributed by atoms with Gasteiger partial charge in [-0.2, -0.15) is 0 Å². The topological polar surface area (TPSA) is 63.2 Å². The van der Waals surface area contributed by atoms with Crippen LogP contribution in [0.1, 0.15) is 10.4 Å². The molecule has 1 aromatic rings. The number of rotatable bonds is 3. The van der Waals surface area contributed by atoms with Crippen molar-refractivity contribution in [1.82, 2.24) is 5.32 Å². The number of nitrogens with one attached hydrogen (secondary N) is 1. The van der Waals surface area contributed by atoms with E-state index in [1.165, 1.54) is 24.3 Å². The summed E-state index contributed by atoms with van der Waals surface area (Å²) < 4.78 is 21.1. The molecule has 0 saturated carbocycles. The molecule has 0 aliphatic rings. The molecule has 78 valence electrons. The summed E-state index contributed by atoms with van der Waals surface area (Å²) in [5.41, 5.74) is 0.380. The van der Waals surface area contributed by atoms with Crippen LogP contribution in [0.3, 0.4) is 0 Å². The van der Waals surface area contributed by atoms with Gasteiger partial charge < -0.3 is 5.32 Å². The third-order valence-corrected chi connectivity index (χ3v) is 2.41. The maximum absolute atomic E-state index is 11.3. The summed E-state index contributed by atoms with van der Waals surface area (Å²) in [5.74, 6) is 1.95. The summed E-state index contributed by atoms with van der Waals surface area (Å²) in [5, 5.41) is 2.47.